The summed E-state index contributed by atoms with van der Waals surface area (Å²) in [4.78, 5) is 30.7. The minimum absolute atomic E-state index is 0.000610. The van der Waals surface area contributed by atoms with Crippen LogP contribution in [0.1, 0.15) is 17.3 Å². The first kappa shape index (κ1) is 22.0. The second-order valence-electron chi connectivity index (χ2n) is 7.44. The predicted octanol–water partition coefficient (Wildman–Crippen LogP) is 3.37. The summed E-state index contributed by atoms with van der Waals surface area (Å²) >= 11 is 4.62. The molecule has 2 atom stereocenters. The largest absolute Gasteiger partial charge is 0.325 e. The Morgan fingerprint density at radius 3 is 2.65 bits per heavy atom. The Morgan fingerprint density at radius 1 is 1.19 bits per heavy atom. The van der Waals surface area contributed by atoms with E-state index in [9.17, 15) is 18.0 Å². The second-order valence-corrected chi connectivity index (χ2v) is 11.5. The summed E-state index contributed by atoms with van der Waals surface area (Å²) in [5.74, 6) is -0.130. The maximum atomic E-state index is 12.4. The first-order valence-electron chi connectivity index (χ1n) is 9.58. The maximum Gasteiger partial charge on any atom is 0.234 e. The number of amidine groups is 1. The van der Waals surface area contributed by atoms with Gasteiger partial charge in [0, 0.05) is 21.4 Å². The number of halogens is 1. The zero-order valence-electron chi connectivity index (χ0n) is 16.6. The van der Waals surface area contributed by atoms with Crippen molar-refractivity contribution in [3.63, 3.8) is 0 Å². The number of fused-ring (bicyclic) bond motifs is 1. The van der Waals surface area contributed by atoms with Crippen molar-refractivity contribution < 1.29 is 18.0 Å². The number of nitrogens with one attached hydrogen (secondary N) is 1. The maximum absolute atomic E-state index is 12.4. The summed E-state index contributed by atoms with van der Waals surface area (Å²) in [7, 11) is -3.18. The van der Waals surface area contributed by atoms with Crippen molar-refractivity contribution in [2.75, 3.05) is 27.5 Å². The van der Waals surface area contributed by atoms with Crippen molar-refractivity contribution in [1.82, 2.24) is 0 Å². The van der Waals surface area contributed by atoms with Crippen molar-refractivity contribution >= 4 is 65.8 Å². The smallest absolute Gasteiger partial charge is 0.234 e. The van der Waals surface area contributed by atoms with E-state index < -0.39 is 9.84 Å². The predicted molar refractivity (Wildman–Crippen MR) is 128 cm³/mol. The highest BCUT2D eigenvalue weighted by atomic mass is 79.9. The molecule has 2 aliphatic heterocycles. The minimum Gasteiger partial charge on any atom is -0.325 e. The number of thioether (sulfide) groups is 1. The molecule has 0 radical (unpaired) electrons. The molecule has 2 aromatic rings. The quantitative estimate of drug-likeness (QED) is 0.606. The molecule has 4 rings (SSSR count). The molecule has 2 heterocycles. The third-order valence-electron chi connectivity index (χ3n) is 5.10. The monoisotopic (exact) mass is 521 g/mol. The fourth-order valence-electron chi connectivity index (χ4n) is 3.67. The van der Waals surface area contributed by atoms with Crippen LogP contribution in [0.25, 0.3) is 0 Å². The normalized spacial score (nSPS) is 21.5. The van der Waals surface area contributed by atoms with Crippen molar-refractivity contribution in [1.29, 1.82) is 0 Å². The SMILES string of the molecule is CC(=O)c1cccc(N2C(SCC(=O)Nc3ccc(Br)cc3)=N[C@H]3CS(=O)(=O)C[C@@H]32)c1. The number of hydrogen-bond donors (Lipinski definition) is 1. The number of rotatable bonds is 5. The van der Waals surface area contributed by atoms with Gasteiger partial charge in [-0.3, -0.25) is 14.6 Å². The summed E-state index contributed by atoms with van der Waals surface area (Å²) in [6.07, 6.45) is 0. The second kappa shape index (κ2) is 8.76. The molecule has 1 amide bonds. The van der Waals surface area contributed by atoms with Crippen molar-refractivity contribution in [3.05, 3.63) is 58.6 Å². The number of hydrogen-bond acceptors (Lipinski definition) is 7. The van der Waals surface area contributed by atoms with Crippen LogP contribution >= 0.6 is 27.7 Å². The molecule has 162 valence electrons. The van der Waals surface area contributed by atoms with Gasteiger partial charge in [-0.15, -0.1) is 0 Å². The topological polar surface area (TPSA) is 95.9 Å². The van der Waals surface area contributed by atoms with Crippen LogP contribution in [0.5, 0.6) is 0 Å². The van der Waals surface area contributed by atoms with Gasteiger partial charge in [-0.25, -0.2) is 8.42 Å². The molecule has 0 saturated carbocycles. The van der Waals surface area contributed by atoms with E-state index in [1.54, 1.807) is 30.3 Å². The lowest BCUT2D eigenvalue weighted by atomic mass is 10.1. The van der Waals surface area contributed by atoms with E-state index in [0.29, 0.717) is 22.1 Å². The lowest BCUT2D eigenvalue weighted by molar-refractivity contribution is -0.113. The summed E-state index contributed by atoms with van der Waals surface area (Å²) in [5, 5.41) is 3.43. The zero-order chi connectivity index (χ0) is 22.2. The standard InChI is InChI=1S/C21H20BrN3O4S2/c1-13(26)14-3-2-4-17(9-14)25-19-12-31(28,29)11-18(19)24-21(25)30-10-20(27)23-16-7-5-15(22)6-8-16/h2-9,18-19H,10-12H2,1H3,(H,23,27)/t18-,19-/m0/s1. The number of aliphatic imine (C=N–C) groups is 1. The molecule has 31 heavy (non-hydrogen) atoms. The van der Waals surface area contributed by atoms with Gasteiger partial charge in [0.25, 0.3) is 0 Å². The first-order chi connectivity index (χ1) is 14.7. The number of amides is 1. The van der Waals surface area contributed by atoms with Crippen LogP contribution in [0.3, 0.4) is 0 Å². The van der Waals surface area contributed by atoms with E-state index in [-0.39, 0.29) is 41.0 Å². The molecule has 0 bridgehead atoms. The highest BCUT2D eigenvalue weighted by Crippen LogP contribution is 2.35. The average Bonchev–Trinajstić information content (AvgIpc) is 3.19. The fourth-order valence-corrected chi connectivity index (χ4v) is 6.70. The van der Waals surface area contributed by atoms with E-state index in [1.165, 1.54) is 18.7 Å². The molecule has 1 fully saturated rings. The number of Topliss-reactive ketones (excluding diaryl/α,β-unsaturated/α-hetero) is 1. The number of benzene rings is 2. The van der Waals surface area contributed by atoms with Crippen LogP contribution in [0.2, 0.25) is 0 Å². The fraction of sp³-hybridized carbons (Fsp3) is 0.286. The molecular weight excluding hydrogens is 502 g/mol. The number of sulfone groups is 1. The molecule has 2 aliphatic rings. The minimum atomic E-state index is -3.18. The third kappa shape index (κ3) is 5.02. The van der Waals surface area contributed by atoms with Crippen LogP contribution < -0.4 is 10.2 Å². The number of anilines is 2. The van der Waals surface area contributed by atoms with Crippen molar-refractivity contribution in [2.45, 2.75) is 19.0 Å². The van der Waals surface area contributed by atoms with Gasteiger partial charge in [0.15, 0.2) is 20.8 Å². The van der Waals surface area contributed by atoms with Gasteiger partial charge >= 0.3 is 0 Å². The van der Waals surface area contributed by atoms with E-state index in [4.69, 9.17) is 0 Å². The van der Waals surface area contributed by atoms with E-state index in [0.717, 1.165) is 4.47 Å². The average molecular weight is 522 g/mol. The molecule has 0 aliphatic carbocycles. The van der Waals surface area contributed by atoms with Gasteiger partial charge in [0.2, 0.25) is 5.91 Å². The van der Waals surface area contributed by atoms with Gasteiger partial charge < -0.3 is 10.2 Å². The Labute approximate surface area is 193 Å². The Bertz CT molecular complexity index is 1170. The number of carbonyl (C=O) groups excluding carboxylic acids is 2. The zero-order valence-corrected chi connectivity index (χ0v) is 19.8. The summed E-state index contributed by atoms with van der Waals surface area (Å²) in [6, 6.07) is 13.7. The van der Waals surface area contributed by atoms with Gasteiger partial charge in [-0.2, -0.15) is 0 Å². The van der Waals surface area contributed by atoms with Crippen LogP contribution in [0.15, 0.2) is 58.0 Å². The molecule has 0 spiro atoms. The third-order valence-corrected chi connectivity index (χ3v) is 8.29. The Kier molecular flexibility index (Phi) is 6.23. The lowest BCUT2D eigenvalue weighted by Gasteiger charge is -2.26. The lowest BCUT2D eigenvalue weighted by Crippen LogP contribution is -2.39. The number of carbonyl (C=O) groups is 2. The molecule has 7 nitrogen and oxygen atoms in total. The number of nitrogens with zero attached hydrogens (tertiary/aromatic N) is 2. The Morgan fingerprint density at radius 2 is 1.94 bits per heavy atom. The summed E-state index contributed by atoms with van der Waals surface area (Å²) < 4.78 is 25.3. The van der Waals surface area contributed by atoms with E-state index in [1.807, 2.05) is 23.1 Å². The highest BCUT2D eigenvalue weighted by molar-refractivity contribution is 9.10. The first-order valence-corrected chi connectivity index (χ1v) is 13.2. The van der Waals surface area contributed by atoms with Crippen molar-refractivity contribution in [3.8, 4) is 0 Å². The van der Waals surface area contributed by atoms with Gasteiger partial charge in [0.1, 0.15) is 0 Å². The molecule has 0 aromatic heterocycles. The Hall–Kier alpha value is -2.17. The number of ketones is 1. The molecule has 0 unspecified atom stereocenters. The van der Waals surface area contributed by atoms with Crippen LogP contribution in [-0.4, -0.2) is 54.6 Å². The highest BCUT2D eigenvalue weighted by Gasteiger charge is 2.47. The van der Waals surface area contributed by atoms with Crippen molar-refractivity contribution in [2.24, 2.45) is 4.99 Å². The van der Waals surface area contributed by atoms with Gasteiger partial charge in [-0.05, 0) is 43.3 Å². The van der Waals surface area contributed by atoms with Crippen LogP contribution in [0.4, 0.5) is 11.4 Å². The van der Waals surface area contributed by atoms with Crippen LogP contribution in [-0.2, 0) is 14.6 Å². The van der Waals surface area contributed by atoms with Gasteiger partial charge in [0.05, 0.1) is 29.3 Å². The van der Waals surface area contributed by atoms with Crippen LogP contribution in [0, 0.1) is 0 Å². The molecule has 1 N–H and O–H groups in total. The summed E-state index contributed by atoms with van der Waals surface area (Å²) in [6.45, 7) is 1.49. The molecule has 10 heteroatoms. The molecule has 2 aromatic carbocycles. The van der Waals surface area contributed by atoms with Gasteiger partial charge in [-0.1, -0.05) is 39.8 Å². The molecular formula is C21H20BrN3O4S2. The Balaban J connectivity index is 1.53. The van der Waals surface area contributed by atoms with E-state index >= 15 is 0 Å². The summed E-state index contributed by atoms with van der Waals surface area (Å²) in [5.41, 5.74) is 1.94. The van der Waals surface area contributed by atoms with E-state index in [2.05, 4.69) is 26.2 Å². The molecule has 1 saturated heterocycles.